The highest BCUT2D eigenvalue weighted by Gasteiger charge is 2.43. The number of nitrogens with zero attached hydrogens (tertiary/aromatic N) is 2. The van der Waals surface area contributed by atoms with Gasteiger partial charge in [0.15, 0.2) is 5.78 Å². The molecule has 3 fully saturated rings. The van der Waals surface area contributed by atoms with E-state index in [2.05, 4.69) is 45.1 Å². The molecule has 2 heterocycles. The van der Waals surface area contributed by atoms with Crippen molar-refractivity contribution in [1.29, 1.82) is 5.41 Å². The molecule has 0 aromatic carbocycles. The van der Waals surface area contributed by atoms with Crippen molar-refractivity contribution in [2.24, 2.45) is 11.3 Å². The Morgan fingerprint density at radius 1 is 1.19 bits per heavy atom. The summed E-state index contributed by atoms with van der Waals surface area (Å²) in [5.74, 6) is -0.0269. The molecule has 4 rings (SSSR count). The highest BCUT2D eigenvalue weighted by molar-refractivity contribution is 14.1. The maximum atomic E-state index is 13.4. The summed E-state index contributed by atoms with van der Waals surface area (Å²) in [5, 5.41) is 14.3. The van der Waals surface area contributed by atoms with E-state index < -0.39 is 6.04 Å². The molecule has 1 aromatic rings. The third-order valence-electron chi connectivity index (χ3n) is 8.57. The van der Waals surface area contributed by atoms with E-state index in [4.69, 9.17) is 5.41 Å². The highest BCUT2D eigenvalue weighted by atomic mass is 127. The number of carbonyl (C=O) groups excluding carboxylic acids is 3. The molecule has 0 bridgehead atoms. The van der Waals surface area contributed by atoms with Crippen molar-refractivity contribution in [1.82, 2.24) is 15.2 Å². The fourth-order valence-electron chi connectivity index (χ4n) is 6.14. The van der Waals surface area contributed by atoms with Crippen molar-refractivity contribution < 1.29 is 14.4 Å². The lowest BCUT2D eigenvalue weighted by atomic mass is 9.59. The Morgan fingerprint density at radius 2 is 1.92 bits per heavy atom. The molecular weight excluding hydrogens is 569 g/mol. The lowest BCUT2D eigenvalue weighted by molar-refractivity contribution is -0.139. The predicted molar refractivity (Wildman–Crippen MR) is 149 cm³/mol. The topological polar surface area (TPSA) is 115 Å². The number of carbonyl (C=O) groups is 3. The second kappa shape index (κ2) is 11.6. The van der Waals surface area contributed by atoms with E-state index in [-0.39, 0.29) is 39.8 Å². The van der Waals surface area contributed by atoms with E-state index in [0.29, 0.717) is 35.5 Å². The highest BCUT2D eigenvalue weighted by Crippen LogP contribution is 2.52. The Kier molecular flexibility index (Phi) is 8.67. The fourth-order valence-corrected chi connectivity index (χ4v) is 6.85. The molecule has 0 radical (unpaired) electrons. The number of likely N-dealkylation sites (tertiary alicyclic amines) is 1. The van der Waals surface area contributed by atoms with Crippen molar-refractivity contribution in [2.75, 3.05) is 18.4 Å². The lowest BCUT2D eigenvalue weighted by Crippen LogP contribution is -2.52. The summed E-state index contributed by atoms with van der Waals surface area (Å²) in [7, 11) is 0. The SMILES string of the molecule is CC(=O)C(=N)c1ccncc1NCC(=O)N1C(C(C)I)CC[C@H]1C(=O)NCC1CCC2(CCC2)CC1. The Bertz CT molecular complexity index is 999. The van der Waals surface area contributed by atoms with Crippen LogP contribution in [-0.2, 0) is 14.4 Å². The first-order chi connectivity index (χ1) is 17.2. The fraction of sp³-hybridized carbons (Fsp3) is 0.667. The molecule has 1 spiro atoms. The van der Waals surface area contributed by atoms with Crippen molar-refractivity contribution in [3.63, 3.8) is 0 Å². The predicted octanol–water partition coefficient (Wildman–Crippen LogP) is 4.11. The number of aromatic nitrogens is 1. The molecule has 3 N–H and O–H groups in total. The number of alkyl halides is 1. The van der Waals surface area contributed by atoms with Gasteiger partial charge >= 0.3 is 0 Å². The second-order valence-corrected chi connectivity index (χ2v) is 12.9. The minimum Gasteiger partial charge on any atom is -0.374 e. The Morgan fingerprint density at radius 3 is 2.53 bits per heavy atom. The summed E-state index contributed by atoms with van der Waals surface area (Å²) in [5.41, 5.74) is 1.36. The van der Waals surface area contributed by atoms with E-state index in [1.165, 1.54) is 64.3 Å². The molecule has 9 heteroatoms. The number of rotatable bonds is 9. The van der Waals surface area contributed by atoms with Gasteiger partial charge in [-0.3, -0.25) is 24.8 Å². The smallest absolute Gasteiger partial charge is 0.242 e. The number of pyridine rings is 1. The maximum absolute atomic E-state index is 13.4. The minimum absolute atomic E-state index is 0.00677. The number of nitrogens with one attached hydrogen (secondary N) is 3. The van der Waals surface area contributed by atoms with Gasteiger partial charge in [0.2, 0.25) is 11.8 Å². The second-order valence-electron chi connectivity index (χ2n) is 10.9. The molecule has 196 valence electrons. The van der Waals surface area contributed by atoms with Crippen LogP contribution in [0, 0.1) is 16.7 Å². The van der Waals surface area contributed by atoms with Gasteiger partial charge in [0.05, 0.1) is 18.4 Å². The van der Waals surface area contributed by atoms with Crippen LogP contribution in [0.1, 0.15) is 77.2 Å². The van der Waals surface area contributed by atoms with Crippen LogP contribution in [0.3, 0.4) is 0 Å². The molecule has 2 saturated carbocycles. The van der Waals surface area contributed by atoms with Gasteiger partial charge < -0.3 is 15.5 Å². The maximum Gasteiger partial charge on any atom is 0.242 e. The number of Topliss-reactive ketones (excluding diaryl/α,β-unsaturated/α-hetero) is 1. The van der Waals surface area contributed by atoms with Gasteiger partial charge in [-0.25, -0.2) is 0 Å². The van der Waals surface area contributed by atoms with Crippen LogP contribution in [0.4, 0.5) is 5.69 Å². The van der Waals surface area contributed by atoms with Crippen molar-refractivity contribution in [2.45, 2.75) is 87.6 Å². The van der Waals surface area contributed by atoms with Crippen LogP contribution in [0.15, 0.2) is 18.5 Å². The van der Waals surface area contributed by atoms with Crippen LogP contribution in [0.25, 0.3) is 0 Å². The molecule has 1 saturated heterocycles. The monoisotopic (exact) mass is 607 g/mol. The van der Waals surface area contributed by atoms with Gasteiger partial charge in [0.1, 0.15) is 11.8 Å². The Labute approximate surface area is 227 Å². The zero-order valence-corrected chi connectivity index (χ0v) is 23.5. The summed E-state index contributed by atoms with van der Waals surface area (Å²) >= 11 is 2.33. The number of amides is 2. The molecule has 2 unspecified atom stereocenters. The number of hydrogen-bond acceptors (Lipinski definition) is 6. The Balaban J connectivity index is 1.36. The average molecular weight is 608 g/mol. The summed E-state index contributed by atoms with van der Waals surface area (Å²) in [6.45, 7) is 4.09. The molecule has 1 aromatic heterocycles. The molecule has 3 aliphatic rings. The zero-order chi connectivity index (χ0) is 25.9. The van der Waals surface area contributed by atoms with Crippen molar-refractivity contribution in [3.05, 3.63) is 24.0 Å². The van der Waals surface area contributed by atoms with E-state index in [0.717, 1.165) is 6.42 Å². The molecule has 1 aliphatic heterocycles. The molecular formula is C27H38IN5O3. The molecule has 2 amide bonds. The normalized spacial score (nSPS) is 24.1. The molecule has 36 heavy (non-hydrogen) atoms. The van der Waals surface area contributed by atoms with Crippen LogP contribution in [0.2, 0.25) is 0 Å². The number of anilines is 1. The van der Waals surface area contributed by atoms with E-state index in [1.807, 2.05) is 0 Å². The van der Waals surface area contributed by atoms with Gasteiger partial charge in [0, 0.05) is 35.2 Å². The first-order valence-corrected chi connectivity index (χ1v) is 14.5. The van der Waals surface area contributed by atoms with Crippen LogP contribution in [0.5, 0.6) is 0 Å². The van der Waals surface area contributed by atoms with E-state index in [1.54, 1.807) is 11.0 Å². The first kappa shape index (κ1) is 27.0. The Hall–Kier alpha value is -2.04. The number of hydrogen-bond donors (Lipinski definition) is 3. The summed E-state index contributed by atoms with van der Waals surface area (Å²) < 4.78 is 0.209. The van der Waals surface area contributed by atoms with Crippen LogP contribution in [-0.4, -0.2) is 62.3 Å². The third-order valence-corrected chi connectivity index (χ3v) is 9.40. The van der Waals surface area contributed by atoms with E-state index in [9.17, 15) is 14.4 Å². The van der Waals surface area contributed by atoms with Gasteiger partial charge in [-0.1, -0.05) is 35.9 Å². The van der Waals surface area contributed by atoms with Gasteiger partial charge in [-0.2, -0.15) is 0 Å². The van der Waals surface area contributed by atoms with Crippen molar-refractivity contribution in [3.8, 4) is 0 Å². The zero-order valence-electron chi connectivity index (χ0n) is 21.3. The van der Waals surface area contributed by atoms with Crippen molar-refractivity contribution >= 4 is 51.6 Å². The quantitative estimate of drug-likeness (QED) is 0.222. The molecule has 8 nitrogen and oxygen atoms in total. The van der Waals surface area contributed by atoms with Crippen LogP contribution >= 0.6 is 22.6 Å². The molecule has 2 aliphatic carbocycles. The standard InChI is InChI=1S/C27H38IN5O3/c1-17(28)22-4-5-23(26(36)32-14-19-6-11-27(12-7-19)9-3-10-27)33(22)24(35)16-31-21-15-30-13-8-20(21)25(29)18(2)34/h8,13,15,17,19,22-23,29,31H,3-7,9-12,14,16H2,1-2H3,(H,32,36)/t17?,22?,23-/m0/s1. The largest absolute Gasteiger partial charge is 0.374 e. The third kappa shape index (κ3) is 5.92. The summed E-state index contributed by atoms with van der Waals surface area (Å²) in [4.78, 5) is 44.2. The summed E-state index contributed by atoms with van der Waals surface area (Å²) in [6, 6.07) is 1.12. The number of halogens is 1. The van der Waals surface area contributed by atoms with Gasteiger partial charge in [-0.05, 0) is 68.8 Å². The van der Waals surface area contributed by atoms with Crippen LogP contribution < -0.4 is 10.6 Å². The molecule has 3 atom stereocenters. The van der Waals surface area contributed by atoms with Gasteiger partial charge in [-0.15, -0.1) is 0 Å². The number of ketones is 1. The first-order valence-electron chi connectivity index (χ1n) is 13.2. The van der Waals surface area contributed by atoms with Gasteiger partial charge in [0.25, 0.3) is 0 Å². The van der Waals surface area contributed by atoms with E-state index >= 15 is 0 Å². The lowest BCUT2D eigenvalue weighted by Gasteiger charge is -2.47. The minimum atomic E-state index is -0.466. The average Bonchev–Trinajstić information content (AvgIpc) is 3.31. The summed E-state index contributed by atoms with van der Waals surface area (Å²) in [6.07, 6.45) is 13.6.